The van der Waals surface area contributed by atoms with E-state index in [1.807, 2.05) is 60.5 Å². The molecule has 2 aromatic heterocycles. The first kappa shape index (κ1) is 22.7. The Bertz CT molecular complexity index is 1550. The molecule has 0 amide bonds. The molecule has 178 valence electrons. The number of hydrogen-bond acceptors (Lipinski definition) is 6. The minimum absolute atomic E-state index is 0.0669. The number of rotatable bonds is 6. The summed E-state index contributed by atoms with van der Waals surface area (Å²) in [6.07, 6.45) is 0.744. The zero-order valence-corrected chi connectivity index (χ0v) is 21.2. The van der Waals surface area contributed by atoms with Gasteiger partial charge >= 0.3 is 0 Å². The Balaban J connectivity index is 1.53. The molecular formula is C29H23ClN4OS. The molecule has 0 radical (unpaired) electrons. The fourth-order valence-corrected chi connectivity index (χ4v) is 5.42. The number of aromatic nitrogens is 2. The van der Waals surface area contributed by atoms with Crippen LogP contribution in [0.3, 0.4) is 0 Å². The normalized spacial score (nSPS) is 15.3. The first-order valence-corrected chi connectivity index (χ1v) is 13.1. The number of ether oxygens (including phenoxy) is 1. The summed E-state index contributed by atoms with van der Waals surface area (Å²) in [6, 6.07) is 28.2. The molecule has 0 unspecified atom stereocenters. The summed E-state index contributed by atoms with van der Waals surface area (Å²) in [7, 11) is 0. The Hall–Kier alpha value is -3.74. The fraction of sp³-hybridized carbons (Fsp3) is 0.138. The quantitative estimate of drug-likeness (QED) is 0.234. The van der Waals surface area contributed by atoms with Crippen LogP contribution in [0.15, 0.2) is 95.4 Å². The van der Waals surface area contributed by atoms with Gasteiger partial charge in [0.15, 0.2) is 0 Å². The Morgan fingerprint density at radius 3 is 2.67 bits per heavy atom. The summed E-state index contributed by atoms with van der Waals surface area (Å²) < 4.78 is 5.79. The highest BCUT2D eigenvalue weighted by Gasteiger charge is 2.33. The molecule has 5 aromatic rings. The molecule has 0 saturated carbocycles. The SMILES string of the molecule is CCOc1cccc([C@H]2CC(c3cccs3)=NN2c2nc(-c3ccccc3)c3ccc(Cl)cc3n2)c1. The van der Waals surface area contributed by atoms with Crippen molar-refractivity contribution in [3.05, 3.63) is 106 Å². The summed E-state index contributed by atoms with van der Waals surface area (Å²) in [6.45, 7) is 2.61. The highest BCUT2D eigenvalue weighted by molar-refractivity contribution is 7.12. The Labute approximate surface area is 218 Å². The molecule has 1 aliphatic heterocycles. The first-order chi connectivity index (χ1) is 17.7. The van der Waals surface area contributed by atoms with Crippen LogP contribution < -0.4 is 9.75 Å². The zero-order valence-electron chi connectivity index (χ0n) is 19.6. The Morgan fingerprint density at radius 1 is 0.972 bits per heavy atom. The van der Waals surface area contributed by atoms with Gasteiger partial charge in [-0.05, 0) is 54.3 Å². The van der Waals surface area contributed by atoms with E-state index in [1.165, 1.54) is 0 Å². The van der Waals surface area contributed by atoms with Crippen LogP contribution in [0.2, 0.25) is 5.02 Å². The van der Waals surface area contributed by atoms with Gasteiger partial charge in [0.2, 0.25) is 5.95 Å². The maximum atomic E-state index is 6.38. The van der Waals surface area contributed by atoms with Crippen molar-refractivity contribution < 1.29 is 4.74 Å². The number of benzene rings is 3. The van der Waals surface area contributed by atoms with Crippen LogP contribution in [0.5, 0.6) is 5.75 Å². The van der Waals surface area contributed by atoms with Crippen LogP contribution in [0.4, 0.5) is 5.95 Å². The van der Waals surface area contributed by atoms with E-state index in [-0.39, 0.29) is 6.04 Å². The van der Waals surface area contributed by atoms with Crippen molar-refractivity contribution in [1.29, 1.82) is 0 Å². The van der Waals surface area contributed by atoms with Gasteiger partial charge in [0.25, 0.3) is 0 Å². The lowest BCUT2D eigenvalue weighted by molar-refractivity contribution is 0.339. The van der Waals surface area contributed by atoms with E-state index >= 15 is 0 Å². The van der Waals surface area contributed by atoms with Gasteiger partial charge in [-0.2, -0.15) is 5.10 Å². The van der Waals surface area contributed by atoms with Gasteiger partial charge in [0.1, 0.15) is 5.75 Å². The minimum Gasteiger partial charge on any atom is -0.494 e. The van der Waals surface area contributed by atoms with Crippen LogP contribution in [-0.4, -0.2) is 22.3 Å². The second kappa shape index (κ2) is 9.72. The molecule has 1 atom stereocenters. The van der Waals surface area contributed by atoms with Gasteiger partial charge in [-0.15, -0.1) is 11.3 Å². The van der Waals surface area contributed by atoms with Gasteiger partial charge in [-0.25, -0.2) is 15.0 Å². The molecule has 0 fully saturated rings. The molecule has 3 heterocycles. The molecule has 0 aliphatic carbocycles. The fourth-order valence-electron chi connectivity index (χ4n) is 4.53. The monoisotopic (exact) mass is 510 g/mol. The number of anilines is 1. The molecule has 0 bridgehead atoms. The van der Waals surface area contributed by atoms with Gasteiger partial charge in [-0.1, -0.05) is 60.1 Å². The van der Waals surface area contributed by atoms with Crippen molar-refractivity contribution in [3.8, 4) is 17.0 Å². The van der Waals surface area contributed by atoms with Crippen molar-refractivity contribution in [3.63, 3.8) is 0 Å². The van der Waals surface area contributed by atoms with Gasteiger partial charge in [0, 0.05) is 22.4 Å². The number of fused-ring (bicyclic) bond motifs is 1. The average molecular weight is 511 g/mol. The summed E-state index contributed by atoms with van der Waals surface area (Å²) in [4.78, 5) is 11.2. The minimum atomic E-state index is -0.0669. The maximum Gasteiger partial charge on any atom is 0.247 e. The summed E-state index contributed by atoms with van der Waals surface area (Å²) in [5.74, 6) is 1.39. The Morgan fingerprint density at radius 2 is 1.86 bits per heavy atom. The molecule has 6 rings (SSSR count). The van der Waals surface area contributed by atoms with Crippen LogP contribution in [0, 0.1) is 0 Å². The molecule has 0 spiro atoms. The summed E-state index contributed by atoms with van der Waals surface area (Å²) in [5.41, 5.74) is 4.78. The molecule has 0 saturated heterocycles. The predicted molar refractivity (Wildman–Crippen MR) is 148 cm³/mol. The van der Waals surface area contributed by atoms with Crippen LogP contribution in [0.1, 0.15) is 29.8 Å². The van der Waals surface area contributed by atoms with Crippen molar-refractivity contribution in [2.45, 2.75) is 19.4 Å². The zero-order chi connectivity index (χ0) is 24.5. The van der Waals surface area contributed by atoms with E-state index in [1.54, 1.807) is 11.3 Å². The standard InChI is InChI=1S/C29H23ClN4OS/c1-2-35-22-11-6-10-20(16-22)26-18-25(27-12-7-15-36-27)33-34(26)29-31-24-17-21(30)13-14-23(24)28(32-29)19-8-4-3-5-9-19/h3-17,26H,2,18H2,1H3/t26-/m1/s1. The predicted octanol–water partition coefficient (Wildman–Crippen LogP) is 7.77. The molecule has 0 N–H and O–H groups in total. The highest BCUT2D eigenvalue weighted by atomic mass is 35.5. The number of halogens is 1. The van der Waals surface area contributed by atoms with Crippen molar-refractivity contribution in [1.82, 2.24) is 9.97 Å². The summed E-state index contributed by atoms with van der Waals surface area (Å²) >= 11 is 8.07. The van der Waals surface area contributed by atoms with Crippen LogP contribution in [-0.2, 0) is 0 Å². The lowest BCUT2D eigenvalue weighted by Crippen LogP contribution is -2.21. The van der Waals surface area contributed by atoms with Crippen LogP contribution >= 0.6 is 22.9 Å². The largest absolute Gasteiger partial charge is 0.494 e. The Kier molecular flexibility index (Phi) is 6.13. The van der Waals surface area contributed by atoms with E-state index < -0.39 is 0 Å². The van der Waals surface area contributed by atoms with Gasteiger partial charge in [-0.3, -0.25) is 0 Å². The van der Waals surface area contributed by atoms with E-state index in [4.69, 9.17) is 31.4 Å². The third-order valence-corrected chi connectivity index (χ3v) is 7.32. The third-order valence-electron chi connectivity index (χ3n) is 6.17. The van der Waals surface area contributed by atoms with Crippen molar-refractivity contribution in [2.24, 2.45) is 5.10 Å². The highest BCUT2D eigenvalue weighted by Crippen LogP contribution is 2.39. The second-order valence-electron chi connectivity index (χ2n) is 8.49. The number of nitrogens with zero attached hydrogens (tertiary/aromatic N) is 4. The molecule has 3 aromatic carbocycles. The van der Waals surface area contributed by atoms with Crippen LogP contribution in [0.25, 0.3) is 22.2 Å². The van der Waals surface area contributed by atoms with E-state index in [9.17, 15) is 0 Å². The van der Waals surface area contributed by atoms with E-state index in [0.29, 0.717) is 17.6 Å². The maximum absolute atomic E-state index is 6.38. The molecule has 5 nitrogen and oxygen atoms in total. The molecule has 7 heteroatoms. The first-order valence-electron chi connectivity index (χ1n) is 11.9. The van der Waals surface area contributed by atoms with Crippen molar-refractivity contribution >= 4 is 45.5 Å². The molecule has 36 heavy (non-hydrogen) atoms. The smallest absolute Gasteiger partial charge is 0.247 e. The lowest BCUT2D eigenvalue weighted by atomic mass is 10.0. The third kappa shape index (κ3) is 4.34. The lowest BCUT2D eigenvalue weighted by Gasteiger charge is -2.23. The number of hydrazone groups is 1. The van der Waals surface area contributed by atoms with E-state index in [2.05, 4.69) is 41.8 Å². The van der Waals surface area contributed by atoms with Crippen molar-refractivity contribution in [2.75, 3.05) is 11.6 Å². The summed E-state index contributed by atoms with van der Waals surface area (Å²) in [5, 5.41) is 10.7. The van der Waals surface area contributed by atoms with Gasteiger partial charge < -0.3 is 4.74 Å². The second-order valence-corrected chi connectivity index (χ2v) is 9.88. The number of thiophene rings is 1. The average Bonchev–Trinajstić information content (AvgIpc) is 3.59. The number of hydrogen-bond donors (Lipinski definition) is 0. The molecular weight excluding hydrogens is 488 g/mol. The molecule has 1 aliphatic rings. The van der Waals surface area contributed by atoms with E-state index in [0.717, 1.165) is 50.5 Å². The topological polar surface area (TPSA) is 50.6 Å². The van der Waals surface area contributed by atoms with Gasteiger partial charge in [0.05, 0.1) is 34.4 Å².